The van der Waals surface area contributed by atoms with Crippen LogP contribution in [0.15, 0.2) is 73.1 Å². The normalized spacial score (nSPS) is 13.0. The molecule has 0 aliphatic rings. The lowest BCUT2D eigenvalue weighted by atomic mass is 9.76. The maximum Gasteiger partial charge on any atom is 0.217 e. The number of benzene rings is 2. The van der Waals surface area contributed by atoms with Crippen LogP contribution < -0.4 is 5.73 Å². The Kier molecular flexibility index (Phi) is 7.18. The summed E-state index contributed by atoms with van der Waals surface area (Å²) in [4.78, 5) is 16.3. The second-order valence-corrected chi connectivity index (χ2v) is 7.92. The minimum absolute atomic E-state index is 0.174. The van der Waals surface area contributed by atoms with Crippen molar-refractivity contribution in [3.63, 3.8) is 0 Å². The number of rotatable bonds is 9. The zero-order chi connectivity index (χ0) is 20.6. The molecule has 0 bridgehead atoms. The smallest absolute Gasteiger partial charge is 0.217 e. The highest BCUT2D eigenvalue weighted by atomic mass is 16.1. The highest BCUT2D eigenvalue weighted by Crippen LogP contribution is 2.35. The van der Waals surface area contributed by atoms with E-state index in [9.17, 15) is 4.79 Å². The topological polar surface area (TPSA) is 56.0 Å². The lowest BCUT2D eigenvalue weighted by molar-refractivity contribution is -0.119. The predicted molar refractivity (Wildman–Crippen MR) is 119 cm³/mol. The molecular formula is C26H30N2O. The molecule has 2 atom stereocenters. The van der Waals surface area contributed by atoms with Gasteiger partial charge >= 0.3 is 0 Å². The van der Waals surface area contributed by atoms with E-state index in [0.717, 1.165) is 19.3 Å². The molecule has 0 aliphatic heterocycles. The fourth-order valence-electron chi connectivity index (χ4n) is 4.24. The van der Waals surface area contributed by atoms with E-state index in [1.807, 2.05) is 12.3 Å². The third kappa shape index (κ3) is 5.77. The average molecular weight is 387 g/mol. The Morgan fingerprint density at radius 3 is 2.34 bits per heavy atom. The number of carbonyl (C=O) groups is 1. The number of aryl methyl sites for hydroxylation is 3. The second-order valence-electron chi connectivity index (χ2n) is 7.92. The summed E-state index contributed by atoms with van der Waals surface area (Å²) < 4.78 is 0. The zero-order valence-electron chi connectivity index (χ0n) is 17.3. The Bertz CT molecular complexity index is 936. The lowest BCUT2D eigenvalue weighted by Gasteiger charge is -2.29. The van der Waals surface area contributed by atoms with Gasteiger partial charge in [-0.2, -0.15) is 0 Å². The molecule has 2 aromatic carbocycles. The number of nitrogens with two attached hydrogens (primary N) is 1. The summed E-state index contributed by atoms with van der Waals surface area (Å²) in [5.41, 5.74) is 12.1. The predicted octanol–water partition coefficient (Wildman–Crippen LogP) is 5.15. The quantitative estimate of drug-likeness (QED) is 0.553. The van der Waals surface area contributed by atoms with Crippen LogP contribution in [-0.4, -0.2) is 10.9 Å². The first-order valence-corrected chi connectivity index (χ1v) is 10.3. The molecule has 3 nitrogen and oxygen atoms in total. The van der Waals surface area contributed by atoms with Crippen LogP contribution in [-0.2, 0) is 17.6 Å². The maximum atomic E-state index is 12.0. The van der Waals surface area contributed by atoms with Gasteiger partial charge in [-0.3, -0.25) is 9.78 Å². The van der Waals surface area contributed by atoms with Gasteiger partial charge in [-0.25, -0.2) is 0 Å². The molecule has 1 aromatic heterocycles. The third-order valence-corrected chi connectivity index (χ3v) is 5.84. The Labute approximate surface area is 174 Å². The van der Waals surface area contributed by atoms with Gasteiger partial charge in [0.15, 0.2) is 0 Å². The van der Waals surface area contributed by atoms with Gasteiger partial charge in [0.2, 0.25) is 5.91 Å². The van der Waals surface area contributed by atoms with E-state index in [4.69, 9.17) is 5.73 Å². The molecule has 0 fully saturated rings. The molecule has 3 rings (SSSR count). The first-order chi connectivity index (χ1) is 14.0. The van der Waals surface area contributed by atoms with Crippen molar-refractivity contribution in [2.24, 2.45) is 11.7 Å². The lowest BCUT2D eigenvalue weighted by Crippen LogP contribution is -2.24. The van der Waals surface area contributed by atoms with Gasteiger partial charge in [-0.05, 0) is 78.8 Å². The van der Waals surface area contributed by atoms with Crippen LogP contribution >= 0.6 is 0 Å². The Balaban J connectivity index is 1.92. The summed E-state index contributed by atoms with van der Waals surface area (Å²) in [6, 6.07) is 21.1. The van der Waals surface area contributed by atoms with Gasteiger partial charge in [0.25, 0.3) is 0 Å². The van der Waals surface area contributed by atoms with Crippen molar-refractivity contribution in [2.75, 3.05) is 0 Å². The largest absolute Gasteiger partial charge is 0.370 e. The maximum absolute atomic E-state index is 12.0. The van der Waals surface area contributed by atoms with E-state index >= 15 is 0 Å². The van der Waals surface area contributed by atoms with Crippen molar-refractivity contribution in [3.05, 3.63) is 101 Å². The highest BCUT2D eigenvalue weighted by molar-refractivity contribution is 5.74. The molecule has 29 heavy (non-hydrogen) atoms. The van der Waals surface area contributed by atoms with Crippen LogP contribution in [0.3, 0.4) is 0 Å². The number of carbonyl (C=O) groups excluding carboxylic acids is 1. The molecule has 1 amide bonds. The summed E-state index contributed by atoms with van der Waals surface area (Å²) in [6.45, 7) is 4.29. The molecule has 150 valence electrons. The molecule has 2 N–H and O–H groups in total. The Morgan fingerprint density at radius 1 is 0.966 bits per heavy atom. The van der Waals surface area contributed by atoms with Crippen molar-refractivity contribution in [3.8, 4) is 0 Å². The van der Waals surface area contributed by atoms with Gasteiger partial charge in [-0.15, -0.1) is 0 Å². The van der Waals surface area contributed by atoms with Crippen LogP contribution in [0, 0.1) is 19.8 Å². The van der Waals surface area contributed by atoms with E-state index < -0.39 is 0 Å². The SMILES string of the molecule is Cc1ccccc1CCC(CC(N)=O)C(Cc1cccnc1)c1ccccc1C. The van der Waals surface area contributed by atoms with Crippen LogP contribution in [0.25, 0.3) is 0 Å². The molecule has 0 saturated heterocycles. The number of pyridine rings is 1. The third-order valence-electron chi connectivity index (χ3n) is 5.84. The summed E-state index contributed by atoms with van der Waals surface area (Å²) in [5, 5.41) is 0. The van der Waals surface area contributed by atoms with Gasteiger partial charge in [0.05, 0.1) is 0 Å². The van der Waals surface area contributed by atoms with Gasteiger partial charge in [-0.1, -0.05) is 54.6 Å². The second kappa shape index (κ2) is 10.0. The number of nitrogens with zero attached hydrogens (tertiary/aromatic N) is 1. The summed E-state index contributed by atoms with van der Waals surface area (Å²) >= 11 is 0. The summed E-state index contributed by atoms with van der Waals surface area (Å²) in [6.07, 6.45) is 6.84. The van der Waals surface area contributed by atoms with Gasteiger partial charge < -0.3 is 5.73 Å². The van der Waals surface area contributed by atoms with E-state index in [-0.39, 0.29) is 17.7 Å². The molecule has 3 aromatic rings. The number of aromatic nitrogens is 1. The highest BCUT2D eigenvalue weighted by Gasteiger charge is 2.26. The monoisotopic (exact) mass is 386 g/mol. The first-order valence-electron chi connectivity index (χ1n) is 10.3. The van der Waals surface area contributed by atoms with Crippen molar-refractivity contribution >= 4 is 5.91 Å². The van der Waals surface area contributed by atoms with Crippen LogP contribution in [0.5, 0.6) is 0 Å². The Hall–Kier alpha value is -2.94. The van der Waals surface area contributed by atoms with Crippen LogP contribution in [0.2, 0.25) is 0 Å². The fraction of sp³-hybridized carbons (Fsp3) is 0.308. The first kappa shape index (κ1) is 20.8. The summed E-state index contributed by atoms with van der Waals surface area (Å²) in [5.74, 6) is 0.162. The van der Waals surface area contributed by atoms with Crippen molar-refractivity contribution in [1.29, 1.82) is 0 Å². The molecule has 2 unspecified atom stereocenters. The van der Waals surface area contributed by atoms with Crippen molar-refractivity contribution < 1.29 is 4.79 Å². The number of hydrogen-bond donors (Lipinski definition) is 1. The molecular weight excluding hydrogens is 356 g/mol. The molecule has 0 aliphatic carbocycles. The van der Waals surface area contributed by atoms with Gasteiger partial charge in [0, 0.05) is 18.8 Å². The molecule has 3 heteroatoms. The molecule has 0 radical (unpaired) electrons. The molecule has 0 saturated carbocycles. The fourth-order valence-corrected chi connectivity index (χ4v) is 4.24. The van der Waals surface area contributed by atoms with Crippen molar-refractivity contribution in [2.45, 2.75) is 45.4 Å². The number of primary amides is 1. The standard InChI is InChI=1S/C26H30N2O/c1-19-8-3-5-11-22(19)13-14-23(17-26(27)29)25(16-21-10-7-15-28-18-21)24-12-6-4-9-20(24)2/h3-12,15,18,23,25H,13-14,16-17H2,1-2H3,(H2,27,29). The molecule has 1 heterocycles. The Morgan fingerprint density at radius 2 is 1.69 bits per heavy atom. The average Bonchev–Trinajstić information content (AvgIpc) is 2.72. The van der Waals surface area contributed by atoms with Gasteiger partial charge in [0.1, 0.15) is 0 Å². The number of hydrogen-bond acceptors (Lipinski definition) is 2. The van der Waals surface area contributed by atoms with E-state index in [1.54, 1.807) is 6.20 Å². The van der Waals surface area contributed by atoms with E-state index in [1.165, 1.54) is 27.8 Å². The number of amides is 1. The van der Waals surface area contributed by atoms with E-state index in [2.05, 4.69) is 73.4 Å². The van der Waals surface area contributed by atoms with E-state index in [0.29, 0.717) is 6.42 Å². The minimum Gasteiger partial charge on any atom is -0.370 e. The van der Waals surface area contributed by atoms with Crippen LogP contribution in [0.1, 0.15) is 46.6 Å². The van der Waals surface area contributed by atoms with Crippen LogP contribution in [0.4, 0.5) is 0 Å². The van der Waals surface area contributed by atoms with Crippen molar-refractivity contribution in [1.82, 2.24) is 4.98 Å². The molecule has 0 spiro atoms. The zero-order valence-corrected chi connectivity index (χ0v) is 17.3. The minimum atomic E-state index is -0.232. The summed E-state index contributed by atoms with van der Waals surface area (Å²) in [7, 11) is 0.